The second kappa shape index (κ2) is 4.67. The molecule has 1 fully saturated rings. The molecule has 1 aromatic rings. The van der Waals surface area contributed by atoms with E-state index in [0.717, 1.165) is 25.1 Å². The van der Waals surface area contributed by atoms with E-state index in [4.69, 9.17) is 5.26 Å². The van der Waals surface area contributed by atoms with E-state index in [2.05, 4.69) is 11.4 Å². The minimum atomic E-state index is -0.0198. The first-order valence-electron chi connectivity index (χ1n) is 5.31. The van der Waals surface area contributed by atoms with Gasteiger partial charge in [-0.3, -0.25) is 0 Å². The minimum absolute atomic E-state index is 0.0198. The van der Waals surface area contributed by atoms with Crippen LogP contribution in [0.1, 0.15) is 17.5 Å². The van der Waals surface area contributed by atoms with E-state index in [9.17, 15) is 4.79 Å². The van der Waals surface area contributed by atoms with E-state index < -0.39 is 0 Å². The molecule has 1 saturated heterocycles. The summed E-state index contributed by atoms with van der Waals surface area (Å²) in [5.41, 5.74) is 1.63. The summed E-state index contributed by atoms with van der Waals surface area (Å²) in [5, 5.41) is 11.6. The van der Waals surface area contributed by atoms with Gasteiger partial charge in [0.1, 0.15) is 0 Å². The van der Waals surface area contributed by atoms with Crippen molar-refractivity contribution >= 4 is 6.03 Å². The van der Waals surface area contributed by atoms with Gasteiger partial charge < -0.3 is 10.2 Å². The highest BCUT2D eigenvalue weighted by Gasteiger charge is 2.17. The van der Waals surface area contributed by atoms with Gasteiger partial charge in [0.2, 0.25) is 0 Å². The third-order valence-electron chi connectivity index (χ3n) is 2.60. The summed E-state index contributed by atoms with van der Waals surface area (Å²) in [6, 6.07) is 9.44. The van der Waals surface area contributed by atoms with Crippen LogP contribution in [-0.2, 0) is 6.54 Å². The van der Waals surface area contributed by atoms with Gasteiger partial charge in [0.15, 0.2) is 0 Å². The maximum absolute atomic E-state index is 11.5. The second-order valence-corrected chi connectivity index (χ2v) is 3.82. The number of rotatable bonds is 2. The summed E-state index contributed by atoms with van der Waals surface area (Å²) in [5.74, 6) is 0. The molecule has 4 heteroatoms. The van der Waals surface area contributed by atoms with Gasteiger partial charge in [-0.1, -0.05) is 12.1 Å². The smallest absolute Gasteiger partial charge is 0.317 e. The molecule has 82 valence electrons. The molecule has 4 nitrogen and oxygen atoms in total. The van der Waals surface area contributed by atoms with Crippen LogP contribution < -0.4 is 5.32 Å². The number of carbonyl (C=O) groups is 1. The lowest BCUT2D eigenvalue weighted by Crippen LogP contribution is -2.45. The van der Waals surface area contributed by atoms with Gasteiger partial charge in [0.05, 0.1) is 11.6 Å². The average molecular weight is 215 g/mol. The molecule has 0 saturated carbocycles. The Morgan fingerprint density at radius 2 is 2.38 bits per heavy atom. The molecular weight excluding hydrogens is 202 g/mol. The molecule has 16 heavy (non-hydrogen) atoms. The zero-order chi connectivity index (χ0) is 11.4. The van der Waals surface area contributed by atoms with Gasteiger partial charge in [0.25, 0.3) is 0 Å². The summed E-state index contributed by atoms with van der Waals surface area (Å²) in [7, 11) is 0. The van der Waals surface area contributed by atoms with Crippen molar-refractivity contribution in [3.05, 3.63) is 35.4 Å². The molecule has 2 amide bonds. The molecule has 0 bridgehead atoms. The largest absolute Gasteiger partial charge is 0.338 e. The fraction of sp³-hybridized carbons (Fsp3) is 0.333. The summed E-state index contributed by atoms with van der Waals surface area (Å²) in [6.45, 7) is 2.11. The molecule has 0 aromatic heterocycles. The Bertz CT molecular complexity index is 436. The molecule has 0 radical (unpaired) electrons. The van der Waals surface area contributed by atoms with Crippen LogP contribution in [0.3, 0.4) is 0 Å². The third-order valence-corrected chi connectivity index (χ3v) is 2.60. The molecule has 1 aromatic carbocycles. The standard InChI is InChI=1S/C12H13N3O/c13-8-10-3-1-4-11(7-10)9-15-6-2-5-14-12(15)16/h1,3-4,7H,2,5-6,9H2,(H,14,16). The van der Waals surface area contributed by atoms with Crippen LogP contribution in [0.5, 0.6) is 0 Å². The van der Waals surface area contributed by atoms with Crippen LogP contribution in [0, 0.1) is 11.3 Å². The SMILES string of the molecule is N#Cc1cccc(CN2CCCNC2=O)c1. The van der Waals surface area contributed by atoms with Crippen LogP contribution in [0.15, 0.2) is 24.3 Å². The number of hydrogen-bond acceptors (Lipinski definition) is 2. The van der Waals surface area contributed by atoms with E-state index in [1.54, 1.807) is 11.0 Å². The normalized spacial score (nSPS) is 15.4. The van der Waals surface area contributed by atoms with Gasteiger partial charge >= 0.3 is 6.03 Å². The molecule has 2 rings (SSSR count). The lowest BCUT2D eigenvalue weighted by molar-refractivity contribution is 0.183. The third kappa shape index (κ3) is 2.31. The van der Waals surface area contributed by atoms with Crippen LogP contribution >= 0.6 is 0 Å². The first-order chi connectivity index (χ1) is 7.79. The first-order valence-corrected chi connectivity index (χ1v) is 5.31. The maximum Gasteiger partial charge on any atom is 0.317 e. The lowest BCUT2D eigenvalue weighted by atomic mass is 10.1. The van der Waals surface area contributed by atoms with E-state index >= 15 is 0 Å². The maximum atomic E-state index is 11.5. The van der Waals surface area contributed by atoms with Gasteiger partial charge in [-0.15, -0.1) is 0 Å². The van der Waals surface area contributed by atoms with Crippen molar-refractivity contribution in [1.29, 1.82) is 5.26 Å². The molecule has 0 atom stereocenters. The van der Waals surface area contributed by atoms with Crippen molar-refractivity contribution in [2.45, 2.75) is 13.0 Å². The lowest BCUT2D eigenvalue weighted by Gasteiger charge is -2.27. The van der Waals surface area contributed by atoms with Crippen molar-refractivity contribution in [2.75, 3.05) is 13.1 Å². The number of hydrogen-bond donors (Lipinski definition) is 1. The van der Waals surface area contributed by atoms with Gasteiger partial charge in [-0.2, -0.15) is 5.26 Å². The molecular formula is C12H13N3O. The van der Waals surface area contributed by atoms with Gasteiger partial charge in [-0.05, 0) is 24.1 Å². The van der Waals surface area contributed by atoms with Crippen molar-refractivity contribution in [3.8, 4) is 6.07 Å². The van der Waals surface area contributed by atoms with Gasteiger partial charge in [0, 0.05) is 19.6 Å². The fourth-order valence-corrected chi connectivity index (χ4v) is 1.79. The Labute approximate surface area is 94.5 Å². The monoisotopic (exact) mass is 215 g/mol. The van der Waals surface area contributed by atoms with Gasteiger partial charge in [-0.25, -0.2) is 4.79 Å². The first kappa shape index (κ1) is 10.5. The number of amides is 2. The Hall–Kier alpha value is -2.02. The summed E-state index contributed by atoms with van der Waals surface area (Å²) in [6.07, 6.45) is 0.976. The number of nitriles is 1. The number of urea groups is 1. The van der Waals surface area contributed by atoms with E-state index in [0.29, 0.717) is 12.1 Å². The molecule has 0 unspecified atom stereocenters. The van der Waals surface area contributed by atoms with Crippen molar-refractivity contribution < 1.29 is 4.79 Å². The van der Waals surface area contributed by atoms with Crippen LogP contribution in [0.25, 0.3) is 0 Å². The summed E-state index contributed by atoms with van der Waals surface area (Å²) >= 11 is 0. The average Bonchev–Trinajstić information content (AvgIpc) is 2.32. The molecule has 1 aliphatic heterocycles. The zero-order valence-corrected chi connectivity index (χ0v) is 8.94. The number of nitrogens with zero attached hydrogens (tertiary/aromatic N) is 2. The summed E-state index contributed by atoms with van der Waals surface area (Å²) < 4.78 is 0. The predicted octanol–water partition coefficient (Wildman–Crippen LogP) is 1.47. The van der Waals surface area contributed by atoms with Crippen LogP contribution in [0.2, 0.25) is 0 Å². The highest BCUT2D eigenvalue weighted by Crippen LogP contribution is 2.10. The zero-order valence-electron chi connectivity index (χ0n) is 8.94. The molecule has 1 aliphatic rings. The highest BCUT2D eigenvalue weighted by atomic mass is 16.2. The molecule has 1 heterocycles. The van der Waals surface area contributed by atoms with Crippen molar-refractivity contribution in [1.82, 2.24) is 10.2 Å². The topological polar surface area (TPSA) is 56.1 Å². The number of benzene rings is 1. The number of nitrogens with one attached hydrogen (secondary N) is 1. The van der Waals surface area contributed by atoms with Crippen LogP contribution in [-0.4, -0.2) is 24.0 Å². The van der Waals surface area contributed by atoms with E-state index in [1.807, 2.05) is 18.2 Å². The Morgan fingerprint density at radius 1 is 1.50 bits per heavy atom. The van der Waals surface area contributed by atoms with Crippen molar-refractivity contribution in [2.24, 2.45) is 0 Å². The molecule has 0 spiro atoms. The Balaban J connectivity index is 2.08. The minimum Gasteiger partial charge on any atom is -0.338 e. The summed E-state index contributed by atoms with van der Waals surface area (Å²) in [4.78, 5) is 13.3. The van der Waals surface area contributed by atoms with Crippen LogP contribution in [0.4, 0.5) is 4.79 Å². The fourth-order valence-electron chi connectivity index (χ4n) is 1.79. The van der Waals surface area contributed by atoms with E-state index in [-0.39, 0.29) is 6.03 Å². The molecule has 0 aliphatic carbocycles. The number of carbonyl (C=O) groups excluding carboxylic acids is 1. The Morgan fingerprint density at radius 3 is 3.12 bits per heavy atom. The molecule has 1 N–H and O–H groups in total. The quantitative estimate of drug-likeness (QED) is 0.812. The Kier molecular flexibility index (Phi) is 3.06. The van der Waals surface area contributed by atoms with Crippen molar-refractivity contribution in [3.63, 3.8) is 0 Å². The highest BCUT2D eigenvalue weighted by molar-refractivity contribution is 5.74. The van der Waals surface area contributed by atoms with E-state index in [1.165, 1.54) is 0 Å². The predicted molar refractivity (Wildman–Crippen MR) is 59.6 cm³/mol. The second-order valence-electron chi connectivity index (χ2n) is 3.82.